The average Bonchev–Trinajstić information content (AvgIpc) is 4.10. The first kappa shape index (κ1) is 52.0. The molecule has 0 bridgehead atoms. The molecule has 76 heavy (non-hydrogen) atoms. The molecule has 9 aromatic rings. The predicted molar refractivity (Wildman–Crippen MR) is 291 cm³/mol. The summed E-state index contributed by atoms with van der Waals surface area (Å²) in [6.07, 6.45) is -0.0121. The highest BCUT2D eigenvalue weighted by Crippen LogP contribution is 2.66. The lowest BCUT2D eigenvalue weighted by atomic mass is 9.80. The van der Waals surface area contributed by atoms with Crippen LogP contribution < -0.4 is 28.4 Å². The van der Waals surface area contributed by atoms with Crippen molar-refractivity contribution < 1.29 is 50.7 Å². The van der Waals surface area contributed by atoms with Gasteiger partial charge in [0.2, 0.25) is 0 Å². The summed E-state index contributed by atoms with van der Waals surface area (Å²) in [6.45, 7) is -4.55. The Balaban J connectivity index is 1.07. The highest BCUT2D eigenvalue weighted by Gasteiger charge is 2.49. The number of para-hydroxylation sites is 2. The number of imidazole rings is 1. The molecule has 386 valence electrons. The highest BCUT2D eigenvalue weighted by molar-refractivity contribution is 8.09. The van der Waals surface area contributed by atoms with Gasteiger partial charge in [0.1, 0.15) is 59.1 Å². The largest absolute Gasteiger partial charge is 0.595 e. The number of methoxy groups -OCH3 is 2. The molecule has 4 atom stereocenters. The van der Waals surface area contributed by atoms with E-state index in [1.807, 2.05) is 84.9 Å². The molecular weight excluding hydrogens is 1050 g/mol. The maximum atomic E-state index is 15.3. The Labute approximate surface area is 448 Å². The fourth-order valence-corrected chi connectivity index (χ4v) is 13.3. The molecule has 1 aliphatic heterocycles. The van der Waals surface area contributed by atoms with Crippen molar-refractivity contribution >= 4 is 60.8 Å². The number of carbonyl (C=O) groups excluding carboxylic acids is 1. The summed E-state index contributed by atoms with van der Waals surface area (Å²) in [6, 6.07) is 56.9. The Bertz CT molecular complexity index is 3390. The molecule has 1 saturated heterocycles. The van der Waals surface area contributed by atoms with E-state index in [9.17, 15) is 4.79 Å². The summed E-state index contributed by atoms with van der Waals surface area (Å²) < 4.78 is 74.7. The van der Waals surface area contributed by atoms with E-state index in [1.54, 1.807) is 128 Å². The fourth-order valence-electron chi connectivity index (χ4n) is 8.58. The smallest absolute Gasteiger partial charge is 0.497 e. The van der Waals surface area contributed by atoms with Gasteiger partial charge in [0.05, 0.1) is 27.2 Å². The molecule has 10 rings (SSSR count). The number of phosphoric ester groups is 1. The first-order chi connectivity index (χ1) is 37.0. The second-order valence-corrected chi connectivity index (χ2v) is 22.0. The molecule has 2 aromatic heterocycles. The maximum Gasteiger partial charge on any atom is 0.595 e. The molecule has 1 aliphatic rings. The van der Waals surface area contributed by atoms with Gasteiger partial charge in [-0.2, -0.15) is 4.31 Å². The second-order valence-electron chi connectivity index (χ2n) is 17.0. The van der Waals surface area contributed by atoms with Gasteiger partial charge >= 0.3 is 14.5 Å². The van der Waals surface area contributed by atoms with E-state index in [1.165, 1.54) is 12.7 Å². The van der Waals surface area contributed by atoms with Crippen molar-refractivity contribution in [1.82, 2.24) is 19.5 Å². The number of nitrogens with one attached hydrogen (secondary N) is 1. The normalized spacial score (nSPS) is 16.3. The molecule has 20 heteroatoms. The van der Waals surface area contributed by atoms with Gasteiger partial charge in [-0.1, -0.05) is 121 Å². The van der Waals surface area contributed by atoms with Crippen molar-refractivity contribution in [3.63, 3.8) is 0 Å². The zero-order valence-corrected chi connectivity index (χ0v) is 44.1. The fraction of sp³-hybridized carbons (Fsp3) is 0.143. The number of aromatic nitrogens is 4. The Morgan fingerprint density at radius 1 is 0.671 bits per heavy atom. The van der Waals surface area contributed by atoms with Gasteiger partial charge in [0.25, 0.3) is 5.91 Å². The van der Waals surface area contributed by atoms with Crippen LogP contribution in [0, 0.1) is 0 Å². The summed E-state index contributed by atoms with van der Waals surface area (Å²) in [5, 5.41) is 3.29. The van der Waals surface area contributed by atoms with E-state index in [-0.39, 0.29) is 42.0 Å². The van der Waals surface area contributed by atoms with Crippen LogP contribution in [-0.4, -0.2) is 58.5 Å². The third-order valence-electron chi connectivity index (χ3n) is 12.2. The number of fused-ring (bicyclic) bond motifs is 1. The lowest BCUT2D eigenvalue weighted by Gasteiger charge is -2.37. The molecule has 1 unspecified atom stereocenters. The van der Waals surface area contributed by atoms with Crippen LogP contribution >= 0.6 is 26.1 Å². The number of anilines is 1. The van der Waals surface area contributed by atoms with Crippen LogP contribution in [0.15, 0.2) is 207 Å². The number of halogens is 1. The van der Waals surface area contributed by atoms with Crippen LogP contribution in [0.2, 0.25) is 5.02 Å². The third kappa shape index (κ3) is 11.8. The minimum atomic E-state index is -4.81. The van der Waals surface area contributed by atoms with Crippen LogP contribution in [0.5, 0.6) is 28.7 Å². The van der Waals surface area contributed by atoms with Gasteiger partial charge in [0, 0.05) is 28.8 Å². The molecule has 0 saturated carbocycles. The average molecular weight is 1100 g/mol. The molecule has 1 N–H and O–H groups in total. The molecule has 1 amide bonds. The second kappa shape index (κ2) is 23.2. The van der Waals surface area contributed by atoms with E-state index in [4.69, 9.17) is 64.8 Å². The number of carbonyl (C=O) groups is 1. The Morgan fingerprint density at radius 2 is 1.18 bits per heavy atom. The quantitative estimate of drug-likeness (QED) is 0.0531. The monoisotopic (exact) mass is 1100 g/mol. The van der Waals surface area contributed by atoms with E-state index >= 15 is 4.57 Å². The third-order valence-corrected chi connectivity index (χ3v) is 16.9. The van der Waals surface area contributed by atoms with Crippen molar-refractivity contribution in [3.8, 4) is 28.7 Å². The summed E-state index contributed by atoms with van der Waals surface area (Å²) in [4.78, 5) is 27.0. The van der Waals surface area contributed by atoms with E-state index in [0.717, 1.165) is 16.7 Å². The zero-order valence-electron chi connectivity index (χ0n) is 40.7. The van der Waals surface area contributed by atoms with Crippen LogP contribution in [-0.2, 0) is 40.3 Å². The number of ether oxygens (including phenoxy) is 4. The van der Waals surface area contributed by atoms with Crippen molar-refractivity contribution in [2.24, 2.45) is 0 Å². The van der Waals surface area contributed by atoms with E-state index in [0.29, 0.717) is 33.2 Å². The Kier molecular flexibility index (Phi) is 15.9. The van der Waals surface area contributed by atoms with Crippen LogP contribution in [0.1, 0.15) is 39.7 Å². The van der Waals surface area contributed by atoms with Crippen molar-refractivity contribution in [2.45, 2.75) is 30.5 Å². The van der Waals surface area contributed by atoms with Gasteiger partial charge in [0.15, 0.2) is 17.0 Å². The van der Waals surface area contributed by atoms with E-state index < -0.39 is 38.6 Å². The first-order valence-corrected chi connectivity index (χ1v) is 28.1. The molecule has 3 heterocycles. The molecule has 7 aromatic carbocycles. The number of hydrogen-bond acceptors (Lipinski definition) is 15. The standard InChI is InChI=1S/C56H48ClN5O11P2S/c1-65-44-29-23-41(24-30-44)56(40-17-9-4-10-18-40,42-25-31-45(66-2)32-26-42)67-36-50-49(35-51(68-50)62-38-60-52-53(58-37-59-54(52)62)61-55(63)39-15-7-3-8-16-39)72-75(76,71-48-33-27-43(57)28-34-48)73-74(64,69-46-19-11-5-12-20-46)70-47-21-13-6-14-22-47/h3-34,37-38,49-51H,35-36H2,1-2H3,(H,58,59,61,63)/t49-,50+,51+,75?/m0/s1. The van der Waals surface area contributed by atoms with Crippen molar-refractivity contribution in [3.05, 3.63) is 234 Å². The summed E-state index contributed by atoms with van der Waals surface area (Å²) in [5.74, 6) is 1.59. The number of nitrogens with zero attached hydrogens (tertiary/aromatic N) is 4. The maximum absolute atomic E-state index is 15.3. The van der Waals surface area contributed by atoms with Gasteiger partial charge in [-0.05, 0) is 102 Å². The number of amides is 1. The minimum absolute atomic E-state index is 0.0493. The van der Waals surface area contributed by atoms with Gasteiger partial charge in [-0.15, -0.1) is 0 Å². The Hall–Kier alpha value is -7.43. The minimum Gasteiger partial charge on any atom is -0.497 e. The molecule has 0 aliphatic carbocycles. The Morgan fingerprint density at radius 3 is 1.75 bits per heavy atom. The highest BCUT2D eigenvalue weighted by atomic mass is 35.5. The van der Waals surface area contributed by atoms with E-state index in [2.05, 4.69) is 20.3 Å². The summed E-state index contributed by atoms with van der Waals surface area (Å²) in [7, 11) is -1.60. The molecule has 0 spiro atoms. The first-order valence-electron chi connectivity index (χ1n) is 23.7. The van der Waals surface area contributed by atoms with Crippen LogP contribution in [0.4, 0.5) is 5.82 Å². The lowest BCUT2D eigenvalue weighted by molar-refractivity contribution is -0.0908. The molecule has 1 fully saturated rings. The van der Waals surface area contributed by atoms with Gasteiger partial charge in [-0.3, -0.25) is 13.9 Å². The number of phosphoric acid groups is 1. The lowest BCUT2D eigenvalue weighted by Crippen LogP contribution is -2.38. The predicted octanol–water partition coefficient (Wildman–Crippen LogP) is 13.0. The number of rotatable bonds is 21. The number of hydrogen-bond donors (Lipinski definition) is 1. The summed E-state index contributed by atoms with van der Waals surface area (Å²) >= 11 is 12.6. The SMILES string of the molecule is COc1ccc(C(OC[C@H]2O[C@@H](n3cnc4c(NC(=O)c5ccccc5)ncnc43)C[C@@H]2OP(=S)(Oc2ccc(Cl)cc2)OP(=O)(Oc2ccccc2)Oc2ccccc2)(c2ccccc2)c2ccc(OC)cc2)cc1. The van der Waals surface area contributed by atoms with Gasteiger partial charge in [-0.25, -0.2) is 19.5 Å². The van der Waals surface area contributed by atoms with Crippen LogP contribution in [0.3, 0.4) is 0 Å². The zero-order chi connectivity index (χ0) is 52.5. The molecular formula is C56H48ClN5O11P2S. The van der Waals surface area contributed by atoms with Gasteiger partial charge < -0.3 is 37.8 Å². The van der Waals surface area contributed by atoms with Crippen molar-refractivity contribution in [2.75, 3.05) is 26.1 Å². The van der Waals surface area contributed by atoms with Crippen molar-refractivity contribution in [1.29, 1.82) is 0 Å². The topological polar surface area (TPSA) is 173 Å². The number of benzene rings is 7. The summed E-state index contributed by atoms with van der Waals surface area (Å²) in [5.41, 5.74) is 2.07. The molecule has 16 nitrogen and oxygen atoms in total. The molecule has 0 radical (unpaired) electrons. The van der Waals surface area contributed by atoms with Crippen LogP contribution in [0.25, 0.3) is 11.2 Å².